The number of nitrogens with zero attached hydrogens (tertiary/aromatic N) is 2. The van der Waals surface area contributed by atoms with Crippen molar-refractivity contribution in [2.24, 2.45) is 0 Å². The smallest absolute Gasteiger partial charge is 0.273 e. The summed E-state index contributed by atoms with van der Waals surface area (Å²) in [7, 11) is 0. The number of carbonyl (C=O) groups is 1. The Balaban J connectivity index is 1.98. The molecule has 5 heteroatoms. The first-order valence-corrected chi connectivity index (χ1v) is 7.91. The van der Waals surface area contributed by atoms with Crippen molar-refractivity contribution < 1.29 is 4.79 Å². The van der Waals surface area contributed by atoms with Crippen molar-refractivity contribution in [1.29, 1.82) is 0 Å². The van der Waals surface area contributed by atoms with E-state index in [1.54, 1.807) is 18.2 Å². The monoisotopic (exact) mass is 321 g/mol. The minimum atomic E-state index is -0.259. The standard InChI is InChI=1S/C19H19N3O2/c1-13(2)18-20-16-11-7-6-10-15(16)19(24)22(18)21-17(23)12-14-8-4-3-5-9-14/h3-11,13H,12H2,1-2H3,(H,21,23). The van der Waals surface area contributed by atoms with E-state index in [0.29, 0.717) is 16.7 Å². The van der Waals surface area contributed by atoms with Crippen LogP contribution < -0.4 is 11.0 Å². The van der Waals surface area contributed by atoms with Crippen LogP contribution in [0, 0.1) is 0 Å². The first kappa shape index (κ1) is 15.9. The van der Waals surface area contributed by atoms with Gasteiger partial charge >= 0.3 is 0 Å². The fraction of sp³-hybridized carbons (Fsp3) is 0.211. The van der Waals surface area contributed by atoms with E-state index in [1.807, 2.05) is 50.2 Å². The van der Waals surface area contributed by atoms with Gasteiger partial charge in [0.1, 0.15) is 5.82 Å². The van der Waals surface area contributed by atoms with Crippen LogP contribution in [0.4, 0.5) is 0 Å². The molecule has 0 atom stereocenters. The molecule has 0 bridgehead atoms. The van der Waals surface area contributed by atoms with Crippen molar-refractivity contribution in [3.05, 3.63) is 76.3 Å². The summed E-state index contributed by atoms with van der Waals surface area (Å²) in [5, 5.41) is 0.488. The Hall–Kier alpha value is -2.95. The number of nitrogens with one attached hydrogen (secondary N) is 1. The summed E-state index contributed by atoms with van der Waals surface area (Å²) in [6.45, 7) is 3.88. The molecule has 1 heterocycles. The third-order valence-electron chi connectivity index (χ3n) is 3.76. The molecule has 1 amide bonds. The summed E-state index contributed by atoms with van der Waals surface area (Å²) in [6, 6.07) is 16.6. The molecule has 1 aromatic heterocycles. The minimum Gasteiger partial charge on any atom is -0.273 e. The number of amides is 1. The molecule has 0 saturated heterocycles. The molecule has 5 nitrogen and oxygen atoms in total. The molecule has 1 N–H and O–H groups in total. The highest BCUT2D eigenvalue weighted by Crippen LogP contribution is 2.14. The highest BCUT2D eigenvalue weighted by atomic mass is 16.2. The summed E-state index contributed by atoms with van der Waals surface area (Å²) in [5.41, 5.74) is 3.98. The largest absolute Gasteiger partial charge is 0.280 e. The number of aromatic nitrogens is 2. The normalized spacial score (nSPS) is 11.0. The minimum absolute atomic E-state index is 0.000619. The van der Waals surface area contributed by atoms with Crippen LogP contribution in [0.3, 0.4) is 0 Å². The van der Waals surface area contributed by atoms with Crippen LogP contribution in [-0.4, -0.2) is 15.6 Å². The lowest BCUT2D eigenvalue weighted by Gasteiger charge is -2.16. The van der Waals surface area contributed by atoms with Crippen molar-refractivity contribution in [3.8, 4) is 0 Å². The zero-order valence-corrected chi connectivity index (χ0v) is 13.7. The zero-order chi connectivity index (χ0) is 17.1. The van der Waals surface area contributed by atoms with Gasteiger partial charge in [0, 0.05) is 5.92 Å². The van der Waals surface area contributed by atoms with Gasteiger partial charge in [0.05, 0.1) is 17.3 Å². The SMILES string of the molecule is CC(C)c1nc2ccccc2c(=O)n1NC(=O)Cc1ccccc1. The molecule has 0 saturated carbocycles. The number of hydrogen-bond donors (Lipinski definition) is 1. The van der Waals surface area contributed by atoms with E-state index in [1.165, 1.54) is 4.68 Å². The van der Waals surface area contributed by atoms with Crippen LogP contribution in [-0.2, 0) is 11.2 Å². The molecule has 0 fully saturated rings. The van der Waals surface area contributed by atoms with Gasteiger partial charge in [-0.05, 0) is 17.7 Å². The topological polar surface area (TPSA) is 64.0 Å². The molecule has 0 aliphatic rings. The van der Waals surface area contributed by atoms with Gasteiger partial charge in [-0.2, -0.15) is 0 Å². The third-order valence-corrected chi connectivity index (χ3v) is 3.76. The highest BCUT2D eigenvalue weighted by Gasteiger charge is 2.15. The molecule has 0 spiro atoms. The second kappa shape index (κ2) is 6.66. The molecule has 3 aromatic rings. The van der Waals surface area contributed by atoms with Gasteiger partial charge in [-0.15, -0.1) is 0 Å². The lowest BCUT2D eigenvalue weighted by atomic mass is 10.1. The Morgan fingerprint density at radius 1 is 1.08 bits per heavy atom. The number of fused-ring (bicyclic) bond motifs is 1. The van der Waals surface area contributed by atoms with E-state index in [9.17, 15) is 9.59 Å². The predicted octanol–water partition coefficient (Wildman–Crippen LogP) is 2.83. The van der Waals surface area contributed by atoms with Gasteiger partial charge in [0.25, 0.3) is 5.56 Å². The van der Waals surface area contributed by atoms with Crippen LogP contribution in [0.2, 0.25) is 0 Å². The molecule has 0 aliphatic heterocycles. The van der Waals surface area contributed by atoms with Crippen molar-refractivity contribution in [2.75, 3.05) is 5.43 Å². The molecule has 2 aromatic carbocycles. The van der Waals surface area contributed by atoms with Crippen LogP contribution in [0.5, 0.6) is 0 Å². The molecule has 122 valence electrons. The lowest BCUT2D eigenvalue weighted by molar-refractivity contribution is -0.116. The predicted molar refractivity (Wildman–Crippen MR) is 94.6 cm³/mol. The van der Waals surface area contributed by atoms with Crippen molar-refractivity contribution >= 4 is 16.8 Å². The zero-order valence-electron chi connectivity index (χ0n) is 13.7. The quantitative estimate of drug-likeness (QED) is 0.803. The maximum atomic E-state index is 12.7. The summed E-state index contributed by atoms with van der Waals surface area (Å²) in [6.07, 6.45) is 0.206. The second-order valence-electron chi connectivity index (χ2n) is 5.98. The Kier molecular flexibility index (Phi) is 4.42. The first-order chi connectivity index (χ1) is 11.6. The van der Waals surface area contributed by atoms with E-state index in [4.69, 9.17) is 0 Å². The summed E-state index contributed by atoms with van der Waals surface area (Å²) in [4.78, 5) is 29.6. The number of benzene rings is 2. The van der Waals surface area contributed by atoms with Gasteiger partial charge in [-0.1, -0.05) is 56.3 Å². The Morgan fingerprint density at radius 2 is 1.75 bits per heavy atom. The van der Waals surface area contributed by atoms with Gasteiger partial charge in [0.15, 0.2) is 0 Å². The van der Waals surface area contributed by atoms with E-state index < -0.39 is 0 Å². The van der Waals surface area contributed by atoms with Crippen molar-refractivity contribution in [3.63, 3.8) is 0 Å². The molecular formula is C19H19N3O2. The maximum Gasteiger partial charge on any atom is 0.280 e. The molecular weight excluding hydrogens is 302 g/mol. The van der Waals surface area contributed by atoms with E-state index in [-0.39, 0.29) is 23.8 Å². The fourth-order valence-electron chi connectivity index (χ4n) is 2.59. The van der Waals surface area contributed by atoms with Crippen LogP contribution in [0.15, 0.2) is 59.4 Å². The molecule has 0 unspecified atom stereocenters. The summed E-state index contributed by atoms with van der Waals surface area (Å²) in [5.74, 6) is 0.293. The molecule has 3 rings (SSSR count). The van der Waals surface area contributed by atoms with Gasteiger partial charge in [-0.3, -0.25) is 15.0 Å². The molecule has 0 radical (unpaired) electrons. The van der Waals surface area contributed by atoms with Gasteiger partial charge in [-0.25, -0.2) is 9.66 Å². The van der Waals surface area contributed by atoms with Crippen LogP contribution >= 0.6 is 0 Å². The van der Waals surface area contributed by atoms with Crippen LogP contribution in [0.25, 0.3) is 10.9 Å². The number of hydrogen-bond acceptors (Lipinski definition) is 3. The number of para-hydroxylation sites is 1. The second-order valence-corrected chi connectivity index (χ2v) is 5.98. The Morgan fingerprint density at radius 3 is 2.46 bits per heavy atom. The van der Waals surface area contributed by atoms with E-state index in [2.05, 4.69) is 10.4 Å². The molecule has 24 heavy (non-hydrogen) atoms. The Labute approximate surface area is 139 Å². The average Bonchev–Trinajstić information content (AvgIpc) is 2.58. The average molecular weight is 321 g/mol. The van der Waals surface area contributed by atoms with Crippen molar-refractivity contribution in [1.82, 2.24) is 9.66 Å². The van der Waals surface area contributed by atoms with Gasteiger partial charge in [0.2, 0.25) is 5.91 Å². The summed E-state index contributed by atoms with van der Waals surface area (Å²) < 4.78 is 1.28. The third kappa shape index (κ3) is 3.20. The number of rotatable bonds is 4. The highest BCUT2D eigenvalue weighted by molar-refractivity contribution is 5.86. The summed E-state index contributed by atoms with van der Waals surface area (Å²) >= 11 is 0. The Bertz CT molecular complexity index is 930. The van der Waals surface area contributed by atoms with E-state index in [0.717, 1.165) is 5.56 Å². The maximum absolute atomic E-state index is 12.7. The van der Waals surface area contributed by atoms with Gasteiger partial charge < -0.3 is 0 Å². The van der Waals surface area contributed by atoms with E-state index >= 15 is 0 Å². The van der Waals surface area contributed by atoms with Crippen LogP contribution in [0.1, 0.15) is 31.2 Å². The first-order valence-electron chi connectivity index (χ1n) is 7.91. The fourth-order valence-corrected chi connectivity index (χ4v) is 2.59. The lowest BCUT2D eigenvalue weighted by Crippen LogP contribution is -2.37. The van der Waals surface area contributed by atoms with Crippen molar-refractivity contribution in [2.45, 2.75) is 26.2 Å². The molecule has 0 aliphatic carbocycles. The number of carbonyl (C=O) groups excluding carboxylic acids is 1.